The van der Waals surface area contributed by atoms with E-state index in [4.69, 9.17) is 9.15 Å². The van der Waals surface area contributed by atoms with Gasteiger partial charge in [-0.05, 0) is 37.3 Å². The second-order valence-electron chi connectivity index (χ2n) is 6.81. The number of carbonyl (C=O) groups is 1. The lowest BCUT2D eigenvalue weighted by Crippen LogP contribution is -2.49. The standard InChI is InChI=1S/C20H26FN3O3/c1-15(18-4-3-11-27-18)22-20(25)14-24-9-7-23(8-10-24)13-16-12-17(21)5-6-19(16)26-2/h3-6,11-12,15H,7-10,13-14H2,1-2H3,(H,22,25)/t15-/m0/s1. The van der Waals surface area contributed by atoms with Gasteiger partial charge in [0.15, 0.2) is 0 Å². The molecule has 1 aliphatic rings. The van der Waals surface area contributed by atoms with E-state index in [2.05, 4.69) is 15.1 Å². The average Bonchev–Trinajstić information content (AvgIpc) is 3.18. The highest BCUT2D eigenvalue weighted by Crippen LogP contribution is 2.21. The minimum absolute atomic E-state index is 0.0147. The number of hydrogen-bond donors (Lipinski definition) is 1. The van der Waals surface area contributed by atoms with Gasteiger partial charge in [0.2, 0.25) is 5.91 Å². The first-order valence-corrected chi connectivity index (χ1v) is 9.15. The number of nitrogens with zero attached hydrogens (tertiary/aromatic N) is 2. The average molecular weight is 375 g/mol. The van der Waals surface area contributed by atoms with Crippen molar-refractivity contribution < 1.29 is 18.3 Å². The number of amides is 1. The SMILES string of the molecule is COc1ccc(F)cc1CN1CCN(CC(=O)N[C@@H](C)c2ccco2)CC1. The van der Waals surface area contributed by atoms with Crippen molar-refractivity contribution in [3.05, 3.63) is 53.7 Å². The molecule has 1 saturated heterocycles. The van der Waals surface area contributed by atoms with Crippen LogP contribution in [0.15, 0.2) is 41.0 Å². The first-order valence-electron chi connectivity index (χ1n) is 9.15. The van der Waals surface area contributed by atoms with Crippen molar-refractivity contribution >= 4 is 5.91 Å². The molecule has 2 aromatic rings. The van der Waals surface area contributed by atoms with Gasteiger partial charge in [-0.25, -0.2) is 4.39 Å². The van der Waals surface area contributed by atoms with E-state index in [1.165, 1.54) is 12.1 Å². The quantitative estimate of drug-likeness (QED) is 0.806. The van der Waals surface area contributed by atoms with Crippen molar-refractivity contribution in [2.75, 3.05) is 39.8 Å². The minimum atomic E-state index is -0.258. The first kappa shape index (κ1) is 19.4. The first-order chi connectivity index (χ1) is 13.0. The maximum Gasteiger partial charge on any atom is 0.234 e. The summed E-state index contributed by atoms with van der Waals surface area (Å²) in [5.74, 6) is 1.17. The third-order valence-corrected chi connectivity index (χ3v) is 4.82. The number of carbonyl (C=O) groups excluding carboxylic acids is 1. The Balaban J connectivity index is 1.45. The molecule has 2 heterocycles. The lowest BCUT2D eigenvalue weighted by Gasteiger charge is -2.34. The van der Waals surface area contributed by atoms with Gasteiger partial charge in [0.1, 0.15) is 17.3 Å². The summed E-state index contributed by atoms with van der Waals surface area (Å²) in [6.45, 7) is 6.13. The molecule has 0 bridgehead atoms. The van der Waals surface area contributed by atoms with Gasteiger partial charge in [0, 0.05) is 38.3 Å². The molecule has 1 amide bonds. The summed E-state index contributed by atoms with van der Waals surface area (Å²) in [6, 6.07) is 8.10. The molecule has 6 nitrogen and oxygen atoms in total. The van der Waals surface area contributed by atoms with Crippen LogP contribution in [0.4, 0.5) is 4.39 Å². The molecular formula is C20H26FN3O3. The molecule has 1 atom stereocenters. The van der Waals surface area contributed by atoms with E-state index in [-0.39, 0.29) is 17.8 Å². The maximum atomic E-state index is 13.5. The molecule has 1 aromatic carbocycles. The van der Waals surface area contributed by atoms with Crippen molar-refractivity contribution in [3.63, 3.8) is 0 Å². The summed E-state index contributed by atoms with van der Waals surface area (Å²) in [4.78, 5) is 16.6. The molecule has 0 saturated carbocycles. The molecule has 1 N–H and O–H groups in total. The topological polar surface area (TPSA) is 58.0 Å². The normalized spacial score (nSPS) is 16.9. The van der Waals surface area contributed by atoms with Crippen LogP contribution in [-0.4, -0.2) is 55.5 Å². The van der Waals surface area contributed by atoms with E-state index >= 15 is 0 Å². The molecule has 1 aliphatic heterocycles. The molecule has 7 heteroatoms. The fourth-order valence-electron chi connectivity index (χ4n) is 3.32. The lowest BCUT2D eigenvalue weighted by molar-refractivity contribution is -0.123. The molecule has 0 radical (unpaired) electrons. The number of piperazine rings is 1. The van der Waals surface area contributed by atoms with Gasteiger partial charge in [0.25, 0.3) is 0 Å². The molecule has 0 unspecified atom stereocenters. The number of ether oxygens (including phenoxy) is 1. The van der Waals surface area contributed by atoms with E-state index in [1.54, 1.807) is 19.4 Å². The van der Waals surface area contributed by atoms with Crippen LogP contribution in [0.2, 0.25) is 0 Å². The summed E-state index contributed by atoms with van der Waals surface area (Å²) < 4.78 is 24.1. The zero-order valence-corrected chi connectivity index (χ0v) is 15.8. The maximum absolute atomic E-state index is 13.5. The second kappa shape index (κ2) is 9.01. The number of nitrogens with one attached hydrogen (secondary N) is 1. The Morgan fingerprint density at radius 3 is 2.67 bits per heavy atom. The number of hydrogen-bond acceptors (Lipinski definition) is 5. The monoisotopic (exact) mass is 375 g/mol. The van der Waals surface area contributed by atoms with Gasteiger partial charge >= 0.3 is 0 Å². The number of benzene rings is 1. The predicted octanol–water partition coefficient (Wildman–Crippen LogP) is 2.42. The van der Waals surface area contributed by atoms with Gasteiger partial charge in [-0.15, -0.1) is 0 Å². The number of methoxy groups -OCH3 is 1. The summed E-state index contributed by atoms with van der Waals surface area (Å²) in [5, 5.41) is 2.96. The summed E-state index contributed by atoms with van der Waals surface area (Å²) in [7, 11) is 1.59. The Bertz CT molecular complexity index is 743. The van der Waals surface area contributed by atoms with Crippen molar-refractivity contribution in [3.8, 4) is 5.75 Å². The summed E-state index contributed by atoms with van der Waals surface area (Å²) in [6.07, 6.45) is 1.60. The van der Waals surface area contributed by atoms with E-state index in [1.807, 2.05) is 19.1 Å². The molecule has 3 rings (SSSR count). The Hall–Kier alpha value is -2.38. The summed E-state index contributed by atoms with van der Waals surface area (Å²) in [5.41, 5.74) is 0.843. The van der Waals surface area contributed by atoms with E-state index in [0.717, 1.165) is 37.5 Å². The van der Waals surface area contributed by atoms with Gasteiger partial charge in [-0.1, -0.05) is 0 Å². The van der Waals surface area contributed by atoms with Crippen molar-refractivity contribution in [2.24, 2.45) is 0 Å². The van der Waals surface area contributed by atoms with Crippen LogP contribution in [0.5, 0.6) is 5.75 Å². The van der Waals surface area contributed by atoms with Gasteiger partial charge in [-0.2, -0.15) is 0 Å². The van der Waals surface area contributed by atoms with Crippen LogP contribution < -0.4 is 10.1 Å². The van der Waals surface area contributed by atoms with Crippen LogP contribution >= 0.6 is 0 Å². The Morgan fingerprint density at radius 2 is 2.00 bits per heavy atom. The lowest BCUT2D eigenvalue weighted by atomic mass is 10.1. The number of halogens is 1. The third-order valence-electron chi connectivity index (χ3n) is 4.82. The third kappa shape index (κ3) is 5.30. The summed E-state index contributed by atoms with van der Waals surface area (Å²) >= 11 is 0. The van der Waals surface area contributed by atoms with E-state index < -0.39 is 0 Å². The molecule has 0 aliphatic carbocycles. The van der Waals surface area contributed by atoms with Gasteiger partial charge in [0.05, 0.1) is 26.0 Å². The Kier molecular flexibility index (Phi) is 6.47. The fourth-order valence-corrected chi connectivity index (χ4v) is 3.32. The van der Waals surface area contributed by atoms with Crippen LogP contribution in [0, 0.1) is 5.82 Å². The molecule has 1 aromatic heterocycles. The highest BCUT2D eigenvalue weighted by Gasteiger charge is 2.21. The Morgan fingerprint density at radius 1 is 1.26 bits per heavy atom. The molecular weight excluding hydrogens is 349 g/mol. The number of furan rings is 1. The molecule has 146 valence electrons. The molecule has 1 fully saturated rings. The van der Waals surface area contributed by atoms with Gasteiger partial charge in [-0.3, -0.25) is 14.6 Å². The smallest absolute Gasteiger partial charge is 0.234 e. The van der Waals surface area contributed by atoms with E-state index in [9.17, 15) is 9.18 Å². The van der Waals surface area contributed by atoms with Crippen LogP contribution in [0.25, 0.3) is 0 Å². The zero-order valence-electron chi connectivity index (χ0n) is 15.8. The van der Waals surface area contributed by atoms with E-state index in [0.29, 0.717) is 18.8 Å². The number of rotatable bonds is 7. The van der Waals surface area contributed by atoms with Crippen LogP contribution in [0.3, 0.4) is 0 Å². The molecule has 0 spiro atoms. The minimum Gasteiger partial charge on any atom is -0.496 e. The fraction of sp³-hybridized carbons (Fsp3) is 0.450. The molecule has 27 heavy (non-hydrogen) atoms. The highest BCUT2D eigenvalue weighted by atomic mass is 19.1. The van der Waals surface area contributed by atoms with Crippen molar-refractivity contribution in [1.82, 2.24) is 15.1 Å². The van der Waals surface area contributed by atoms with Crippen LogP contribution in [0.1, 0.15) is 24.3 Å². The van der Waals surface area contributed by atoms with Gasteiger partial charge < -0.3 is 14.5 Å². The van der Waals surface area contributed by atoms with Crippen molar-refractivity contribution in [1.29, 1.82) is 0 Å². The van der Waals surface area contributed by atoms with Crippen molar-refractivity contribution in [2.45, 2.75) is 19.5 Å². The highest BCUT2D eigenvalue weighted by molar-refractivity contribution is 5.78. The Labute approximate surface area is 158 Å². The van der Waals surface area contributed by atoms with Crippen LogP contribution in [-0.2, 0) is 11.3 Å². The predicted molar refractivity (Wildman–Crippen MR) is 99.9 cm³/mol. The zero-order chi connectivity index (χ0) is 19.2. The largest absolute Gasteiger partial charge is 0.496 e. The second-order valence-corrected chi connectivity index (χ2v) is 6.81.